The Balaban J connectivity index is 2.16. The largest absolute Gasteiger partial charge is 0.507 e. The molecule has 0 atom stereocenters. The number of phenols is 2. The Labute approximate surface area is 219 Å². The van der Waals surface area contributed by atoms with E-state index in [0.29, 0.717) is 11.5 Å². The molecule has 2 heteroatoms. The second-order valence-corrected chi connectivity index (χ2v) is 10.2. The molecule has 0 radical (unpaired) electrons. The summed E-state index contributed by atoms with van der Waals surface area (Å²) in [5.74, 6) is 0.984. The minimum atomic E-state index is 0.492. The number of benzene rings is 3. The molecule has 0 heterocycles. The third kappa shape index (κ3) is 6.93. The number of hydrogen-bond donors (Lipinski definition) is 2. The smallest absolute Gasteiger partial charge is 0.121 e. The van der Waals surface area contributed by atoms with Gasteiger partial charge in [-0.15, -0.1) is 0 Å². The van der Waals surface area contributed by atoms with Gasteiger partial charge in [-0.2, -0.15) is 0 Å². The summed E-state index contributed by atoms with van der Waals surface area (Å²) in [5, 5.41) is 22.1. The van der Waals surface area contributed by atoms with Crippen LogP contribution in [0.5, 0.6) is 11.5 Å². The molecule has 3 aromatic carbocycles. The van der Waals surface area contributed by atoms with Crippen molar-refractivity contribution in [2.24, 2.45) is 0 Å². The Kier molecular flexibility index (Phi) is 10.9. The Bertz CT molecular complexity index is 965. The minimum Gasteiger partial charge on any atom is -0.507 e. The first-order chi connectivity index (χ1) is 17.5. The van der Waals surface area contributed by atoms with Crippen LogP contribution in [0.3, 0.4) is 0 Å². The SMILES string of the molecule is CCCCc1cc(-c2ccccc2-c2cc(CCCC)c(O)c(CCCC)c2)cc(CCCC)c1O. The number of rotatable bonds is 14. The van der Waals surface area contributed by atoms with Crippen molar-refractivity contribution in [1.29, 1.82) is 0 Å². The van der Waals surface area contributed by atoms with Crippen LogP contribution in [0.25, 0.3) is 22.3 Å². The first kappa shape index (κ1) is 27.8. The average molecular weight is 487 g/mol. The molecule has 0 saturated heterocycles. The van der Waals surface area contributed by atoms with Gasteiger partial charge in [-0.1, -0.05) is 77.6 Å². The van der Waals surface area contributed by atoms with Crippen LogP contribution in [0.2, 0.25) is 0 Å². The van der Waals surface area contributed by atoms with E-state index >= 15 is 0 Å². The van der Waals surface area contributed by atoms with Gasteiger partial charge in [-0.3, -0.25) is 0 Å². The Morgan fingerprint density at radius 3 is 1.00 bits per heavy atom. The van der Waals surface area contributed by atoms with Crippen LogP contribution in [-0.4, -0.2) is 10.2 Å². The number of hydrogen-bond acceptors (Lipinski definition) is 2. The molecule has 194 valence electrons. The zero-order chi connectivity index (χ0) is 25.9. The molecule has 0 aliphatic rings. The Morgan fingerprint density at radius 1 is 0.472 bits per heavy atom. The van der Waals surface area contributed by atoms with Crippen molar-refractivity contribution in [1.82, 2.24) is 0 Å². The summed E-state index contributed by atoms with van der Waals surface area (Å²) < 4.78 is 0. The fourth-order valence-electron chi connectivity index (χ4n) is 5.05. The van der Waals surface area contributed by atoms with E-state index in [1.54, 1.807) is 0 Å². The lowest BCUT2D eigenvalue weighted by Crippen LogP contribution is -1.97. The van der Waals surface area contributed by atoms with Gasteiger partial charge in [0, 0.05) is 0 Å². The van der Waals surface area contributed by atoms with Gasteiger partial charge >= 0.3 is 0 Å². The fraction of sp³-hybridized carbons (Fsp3) is 0.471. The lowest BCUT2D eigenvalue weighted by Gasteiger charge is -2.18. The molecule has 0 aliphatic heterocycles. The maximum atomic E-state index is 11.0. The highest BCUT2D eigenvalue weighted by Gasteiger charge is 2.16. The van der Waals surface area contributed by atoms with Crippen LogP contribution in [0.1, 0.15) is 101 Å². The predicted molar refractivity (Wildman–Crippen MR) is 155 cm³/mol. The molecule has 0 unspecified atom stereocenters. The lowest BCUT2D eigenvalue weighted by atomic mass is 9.88. The Hall–Kier alpha value is -2.74. The first-order valence-electron chi connectivity index (χ1n) is 14.3. The summed E-state index contributed by atoms with van der Waals surface area (Å²) in [6.45, 7) is 8.80. The van der Waals surface area contributed by atoms with Gasteiger partial charge in [-0.25, -0.2) is 0 Å². The molecular weight excluding hydrogens is 440 g/mol. The molecule has 36 heavy (non-hydrogen) atoms. The molecule has 0 saturated carbocycles. The average Bonchev–Trinajstić information content (AvgIpc) is 2.90. The number of unbranched alkanes of at least 4 members (excludes halogenated alkanes) is 4. The highest BCUT2D eigenvalue weighted by Crippen LogP contribution is 2.39. The molecule has 2 nitrogen and oxygen atoms in total. The van der Waals surface area contributed by atoms with E-state index in [-0.39, 0.29) is 0 Å². The molecule has 2 N–H and O–H groups in total. The molecule has 3 rings (SSSR count). The van der Waals surface area contributed by atoms with Crippen molar-refractivity contribution < 1.29 is 10.2 Å². The molecule has 0 spiro atoms. The number of aryl methyl sites for hydroxylation is 4. The zero-order valence-corrected chi connectivity index (χ0v) is 23.0. The van der Waals surface area contributed by atoms with E-state index in [1.165, 1.54) is 22.3 Å². The van der Waals surface area contributed by atoms with Crippen LogP contribution < -0.4 is 0 Å². The summed E-state index contributed by atoms with van der Waals surface area (Å²) in [6.07, 6.45) is 12.3. The molecule has 0 aromatic heterocycles. The fourth-order valence-corrected chi connectivity index (χ4v) is 5.05. The van der Waals surface area contributed by atoms with Crippen LogP contribution in [0.4, 0.5) is 0 Å². The highest BCUT2D eigenvalue weighted by molar-refractivity contribution is 5.85. The van der Waals surface area contributed by atoms with Gasteiger partial charge in [-0.05, 0) is 120 Å². The van der Waals surface area contributed by atoms with Crippen LogP contribution >= 0.6 is 0 Å². The lowest BCUT2D eigenvalue weighted by molar-refractivity contribution is 0.458. The number of phenolic OH excluding ortho intramolecular Hbond substituents is 2. The predicted octanol–water partition coefficient (Wildman–Crippen LogP) is 9.80. The van der Waals surface area contributed by atoms with E-state index < -0.39 is 0 Å². The summed E-state index contributed by atoms with van der Waals surface area (Å²) in [5.41, 5.74) is 9.00. The van der Waals surface area contributed by atoms with E-state index in [9.17, 15) is 10.2 Å². The second kappa shape index (κ2) is 14.1. The van der Waals surface area contributed by atoms with Gasteiger partial charge in [0.1, 0.15) is 11.5 Å². The van der Waals surface area contributed by atoms with Crippen molar-refractivity contribution >= 4 is 0 Å². The minimum absolute atomic E-state index is 0.492. The summed E-state index contributed by atoms with van der Waals surface area (Å²) in [7, 11) is 0. The molecule has 0 fully saturated rings. The quantitative estimate of drug-likeness (QED) is 0.238. The Morgan fingerprint density at radius 2 is 0.750 bits per heavy atom. The van der Waals surface area contributed by atoms with E-state index in [2.05, 4.69) is 76.2 Å². The van der Waals surface area contributed by atoms with Crippen LogP contribution in [0, 0.1) is 0 Å². The maximum Gasteiger partial charge on any atom is 0.121 e. The van der Waals surface area contributed by atoms with Crippen molar-refractivity contribution in [2.45, 2.75) is 105 Å². The van der Waals surface area contributed by atoms with E-state index in [0.717, 1.165) is 99.3 Å². The topological polar surface area (TPSA) is 40.5 Å². The number of aromatic hydroxyl groups is 2. The molecule has 0 aliphatic carbocycles. The molecule has 3 aromatic rings. The third-order valence-electron chi connectivity index (χ3n) is 7.28. The molecule has 0 amide bonds. The monoisotopic (exact) mass is 486 g/mol. The summed E-state index contributed by atoms with van der Waals surface area (Å²) in [4.78, 5) is 0. The summed E-state index contributed by atoms with van der Waals surface area (Å²) >= 11 is 0. The van der Waals surface area contributed by atoms with Gasteiger partial charge in [0.25, 0.3) is 0 Å². The highest BCUT2D eigenvalue weighted by atomic mass is 16.3. The van der Waals surface area contributed by atoms with Crippen molar-refractivity contribution in [3.63, 3.8) is 0 Å². The van der Waals surface area contributed by atoms with E-state index in [1.807, 2.05) is 0 Å². The normalized spacial score (nSPS) is 11.2. The molecular formula is C34H46O2. The van der Waals surface area contributed by atoms with Crippen LogP contribution in [-0.2, 0) is 25.7 Å². The van der Waals surface area contributed by atoms with Gasteiger partial charge in [0.2, 0.25) is 0 Å². The maximum absolute atomic E-state index is 11.0. The zero-order valence-electron chi connectivity index (χ0n) is 23.0. The van der Waals surface area contributed by atoms with Gasteiger partial charge in [0.15, 0.2) is 0 Å². The summed E-state index contributed by atoms with van der Waals surface area (Å²) in [6, 6.07) is 17.5. The first-order valence-corrected chi connectivity index (χ1v) is 14.3. The van der Waals surface area contributed by atoms with Crippen LogP contribution in [0.15, 0.2) is 48.5 Å². The third-order valence-corrected chi connectivity index (χ3v) is 7.28. The molecule has 0 bridgehead atoms. The van der Waals surface area contributed by atoms with Gasteiger partial charge in [0.05, 0.1) is 0 Å². The van der Waals surface area contributed by atoms with E-state index in [4.69, 9.17) is 0 Å². The van der Waals surface area contributed by atoms with Crippen molar-refractivity contribution in [2.75, 3.05) is 0 Å². The standard InChI is InChI=1S/C34H46O2/c1-5-9-15-25-21-29(22-26(33(25)35)16-10-6-2)31-19-13-14-20-32(31)30-23-27(17-11-7-3)34(36)28(24-30)18-12-8-4/h13-14,19-24,35-36H,5-12,15-18H2,1-4H3. The second-order valence-electron chi connectivity index (χ2n) is 10.2. The van der Waals surface area contributed by atoms with Crippen molar-refractivity contribution in [3.05, 3.63) is 70.8 Å². The van der Waals surface area contributed by atoms with Crippen molar-refractivity contribution in [3.8, 4) is 33.8 Å². The van der Waals surface area contributed by atoms with Gasteiger partial charge < -0.3 is 10.2 Å².